The van der Waals surface area contributed by atoms with Crippen LogP contribution in [0.4, 0.5) is 0 Å². The molecule has 2 heterocycles. The Morgan fingerprint density at radius 2 is 1.62 bits per heavy atom. The van der Waals surface area contributed by atoms with Gasteiger partial charge in [0.2, 0.25) is 5.91 Å². The molecule has 3 heteroatoms. The monoisotopic (exact) mass is 326 g/mol. The van der Waals surface area contributed by atoms with Crippen molar-refractivity contribution in [1.29, 1.82) is 0 Å². The Bertz CT molecular complexity index is 584. The minimum Gasteiger partial charge on any atom is -0.342 e. The molecule has 0 atom stereocenters. The first kappa shape index (κ1) is 16.1. The van der Waals surface area contributed by atoms with E-state index in [1.165, 1.54) is 68.3 Å². The normalized spacial score (nSPS) is 22.6. The van der Waals surface area contributed by atoms with Crippen LogP contribution in [-0.4, -0.2) is 47.9 Å². The Morgan fingerprint density at radius 1 is 0.917 bits per heavy atom. The molecule has 0 unspecified atom stereocenters. The summed E-state index contributed by atoms with van der Waals surface area (Å²) in [5.41, 5.74) is 4.20. The molecule has 0 saturated carbocycles. The molecule has 0 spiro atoms. The van der Waals surface area contributed by atoms with Crippen LogP contribution in [0.2, 0.25) is 0 Å². The van der Waals surface area contributed by atoms with Crippen LogP contribution >= 0.6 is 0 Å². The van der Waals surface area contributed by atoms with E-state index in [1.807, 2.05) is 0 Å². The molecule has 2 fully saturated rings. The van der Waals surface area contributed by atoms with E-state index in [2.05, 4.69) is 28.0 Å². The Kier molecular flexibility index (Phi) is 4.88. The first-order valence-electron chi connectivity index (χ1n) is 9.92. The maximum Gasteiger partial charge on any atom is 0.226 e. The number of likely N-dealkylation sites (tertiary alicyclic amines) is 2. The van der Waals surface area contributed by atoms with Gasteiger partial charge in [-0.2, -0.15) is 0 Å². The summed E-state index contributed by atoms with van der Waals surface area (Å²) in [6.45, 7) is 4.44. The van der Waals surface area contributed by atoms with E-state index in [-0.39, 0.29) is 0 Å². The number of carbonyl (C=O) groups is 1. The second kappa shape index (κ2) is 7.26. The molecular formula is C21H30N2O. The third kappa shape index (κ3) is 3.51. The average Bonchev–Trinajstić information content (AvgIpc) is 3.16. The number of benzene rings is 1. The second-order valence-corrected chi connectivity index (χ2v) is 7.84. The van der Waals surface area contributed by atoms with Crippen LogP contribution in [0.3, 0.4) is 0 Å². The van der Waals surface area contributed by atoms with Gasteiger partial charge in [0.15, 0.2) is 0 Å². The average molecular weight is 326 g/mol. The largest absolute Gasteiger partial charge is 0.342 e. The molecular weight excluding hydrogens is 296 g/mol. The summed E-state index contributed by atoms with van der Waals surface area (Å²) in [4.78, 5) is 17.4. The summed E-state index contributed by atoms with van der Waals surface area (Å²) in [6.07, 6.45) is 10.7. The molecule has 0 bridgehead atoms. The van der Waals surface area contributed by atoms with Crippen molar-refractivity contribution >= 4 is 5.91 Å². The van der Waals surface area contributed by atoms with E-state index in [1.54, 1.807) is 0 Å². The van der Waals surface area contributed by atoms with Gasteiger partial charge in [0.05, 0.1) is 6.42 Å². The number of hydrogen-bond acceptors (Lipinski definition) is 2. The van der Waals surface area contributed by atoms with E-state index < -0.39 is 0 Å². The van der Waals surface area contributed by atoms with Crippen LogP contribution in [0.25, 0.3) is 0 Å². The predicted molar refractivity (Wildman–Crippen MR) is 97.2 cm³/mol. The molecule has 2 saturated heterocycles. The molecule has 130 valence electrons. The number of nitrogens with zero attached hydrogens (tertiary/aromatic N) is 2. The fourth-order valence-electron chi connectivity index (χ4n) is 4.77. The molecule has 4 rings (SSSR count). The standard InChI is InChI=1S/C21H30N2O/c24-21(16-17-7-8-18-5-1-2-6-19(18)15-17)23-13-9-20(10-14-23)22-11-3-4-12-22/h7-8,15,20H,1-6,9-14,16H2. The molecule has 24 heavy (non-hydrogen) atoms. The lowest BCUT2D eigenvalue weighted by Crippen LogP contribution is -2.46. The van der Waals surface area contributed by atoms with Crippen molar-refractivity contribution in [3.8, 4) is 0 Å². The first-order chi connectivity index (χ1) is 11.8. The van der Waals surface area contributed by atoms with Crippen LogP contribution in [0, 0.1) is 0 Å². The van der Waals surface area contributed by atoms with Crippen molar-refractivity contribution in [1.82, 2.24) is 9.80 Å². The summed E-state index contributed by atoms with van der Waals surface area (Å²) in [7, 11) is 0. The van der Waals surface area contributed by atoms with E-state index in [9.17, 15) is 4.79 Å². The van der Waals surface area contributed by atoms with Crippen molar-refractivity contribution in [3.63, 3.8) is 0 Å². The summed E-state index contributed by atoms with van der Waals surface area (Å²) in [6, 6.07) is 7.46. The fraction of sp³-hybridized carbons (Fsp3) is 0.667. The van der Waals surface area contributed by atoms with E-state index in [4.69, 9.17) is 0 Å². The lowest BCUT2D eigenvalue weighted by atomic mass is 9.90. The number of piperidine rings is 1. The molecule has 3 aliphatic rings. The van der Waals surface area contributed by atoms with Gasteiger partial charge in [-0.15, -0.1) is 0 Å². The number of aryl methyl sites for hydroxylation is 2. The Labute approximate surface area is 146 Å². The lowest BCUT2D eigenvalue weighted by molar-refractivity contribution is -0.132. The Morgan fingerprint density at radius 3 is 2.38 bits per heavy atom. The third-order valence-electron chi connectivity index (χ3n) is 6.24. The molecule has 1 aromatic carbocycles. The van der Waals surface area contributed by atoms with Crippen LogP contribution in [0.15, 0.2) is 18.2 Å². The quantitative estimate of drug-likeness (QED) is 0.852. The van der Waals surface area contributed by atoms with Crippen LogP contribution in [0.1, 0.15) is 55.2 Å². The van der Waals surface area contributed by atoms with Gasteiger partial charge in [-0.1, -0.05) is 18.2 Å². The topological polar surface area (TPSA) is 23.6 Å². The number of fused-ring (bicyclic) bond motifs is 1. The van der Waals surface area contributed by atoms with E-state index >= 15 is 0 Å². The minimum absolute atomic E-state index is 0.325. The van der Waals surface area contributed by atoms with Crippen molar-refractivity contribution in [2.24, 2.45) is 0 Å². The first-order valence-corrected chi connectivity index (χ1v) is 9.92. The highest BCUT2D eigenvalue weighted by Gasteiger charge is 2.28. The van der Waals surface area contributed by atoms with E-state index in [0.29, 0.717) is 12.3 Å². The summed E-state index contributed by atoms with van der Waals surface area (Å²) >= 11 is 0. The summed E-state index contributed by atoms with van der Waals surface area (Å²) in [5, 5.41) is 0. The molecule has 0 aromatic heterocycles. The predicted octanol–water partition coefficient (Wildman–Crippen LogP) is 3.19. The number of rotatable bonds is 3. The highest BCUT2D eigenvalue weighted by atomic mass is 16.2. The van der Waals surface area contributed by atoms with Crippen molar-refractivity contribution in [2.75, 3.05) is 26.2 Å². The highest BCUT2D eigenvalue weighted by Crippen LogP contribution is 2.24. The van der Waals surface area contributed by atoms with Crippen molar-refractivity contribution in [2.45, 2.75) is 63.8 Å². The van der Waals surface area contributed by atoms with Gasteiger partial charge in [-0.25, -0.2) is 0 Å². The van der Waals surface area contributed by atoms with Crippen LogP contribution in [0.5, 0.6) is 0 Å². The molecule has 1 aliphatic carbocycles. The SMILES string of the molecule is O=C(Cc1ccc2c(c1)CCCC2)N1CCC(N2CCCC2)CC1. The van der Waals surface area contributed by atoms with Gasteiger partial charge in [-0.3, -0.25) is 4.79 Å². The van der Waals surface area contributed by atoms with Gasteiger partial charge >= 0.3 is 0 Å². The van der Waals surface area contributed by atoms with Gasteiger partial charge in [-0.05, 0) is 81.1 Å². The zero-order valence-corrected chi connectivity index (χ0v) is 14.8. The lowest BCUT2D eigenvalue weighted by Gasteiger charge is -2.36. The van der Waals surface area contributed by atoms with Gasteiger partial charge in [0, 0.05) is 19.1 Å². The number of hydrogen-bond donors (Lipinski definition) is 0. The zero-order chi connectivity index (χ0) is 16.4. The van der Waals surface area contributed by atoms with E-state index in [0.717, 1.165) is 32.0 Å². The third-order valence-corrected chi connectivity index (χ3v) is 6.24. The molecule has 0 radical (unpaired) electrons. The maximum absolute atomic E-state index is 12.7. The summed E-state index contributed by atoms with van der Waals surface area (Å²) in [5.74, 6) is 0.325. The highest BCUT2D eigenvalue weighted by molar-refractivity contribution is 5.79. The van der Waals surface area contributed by atoms with Crippen LogP contribution in [-0.2, 0) is 24.1 Å². The molecule has 1 amide bonds. The van der Waals surface area contributed by atoms with Gasteiger partial charge in [0.25, 0.3) is 0 Å². The smallest absolute Gasteiger partial charge is 0.226 e. The van der Waals surface area contributed by atoms with Gasteiger partial charge in [0.1, 0.15) is 0 Å². The molecule has 1 aromatic rings. The molecule has 2 aliphatic heterocycles. The maximum atomic E-state index is 12.7. The molecule has 0 N–H and O–H groups in total. The minimum atomic E-state index is 0.325. The van der Waals surface area contributed by atoms with Crippen LogP contribution < -0.4 is 0 Å². The summed E-state index contributed by atoms with van der Waals surface area (Å²) < 4.78 is 0. The molecule has 3 nitrogen and oxygen atoms in total. The van der Waals surface area contributed by atoms with Crippen molar-refractivity contribution in [3.05, 3.63) is 34.9 Å². The Hall–Kier alpha value is -1.35. The zero-order valence-electron chi connectivity index (χ0n) is 14.8. The number of amides is 1. The fourth-order valence-corrected chi connectivity index (χ4v) is 4.77. The Balaban J connectivity index is 1.32. The number of carbonyl (C=O) groups excluding carboxylic acids is 1. The van der Waals surface area contributed by atoms with Crippen molar-refractivity contribution < 1.29 is 4.79 Å². The second-order valence-electron chi connectivity index (χ2n) is 7.84. The van der Waals surface area contributed by atoms with Gasteiger partial charge < -0.3 is 9.80 Å².